The van der Waals surface area contributed by atoms with E-state index in [4.69, 9.17) is 4.74 Å². The van der Waals surface area contributed by atoms with Crippen molar-refractivity contribution < 1.29 is 22.7 Å². The van der Waals surface area contributed by atoms with Crippen LogP contribution in [-0.2, 0) is 6.18 Å². The van der Waals surface area contributed by atoms with E-state index < -0.39 is 11.9 Å². The third-order valence-corrected chi connectivity index (χ3v) is 7.05. The van der Waals surface area contributed by atoms with Crippen molar-refractivity contribution in [1.82, 2.24) is 29.8 Å². The Kier molecular flexibility index (Phi) is 4.42. The van der Waals surface area contributed by atoms with Gasteiger partial charge in [-0.25, -0.2) is 24.9 Å². The lowest BCUT2D eigenvalue weighted by Crippen LogP contribution is -2.59. The highest BCUT2D eigenvalue weighted by molar-refractivity contribution is 6.00. The number of carbonyl (C=O) groups is 1. The number of likely N-dealkylation sites (tertiary alicyclic amines) is 1. The number of alkyl halides is 3. The Morgan fingerprint density at radius 3 is 2.62 bits per heavy atom. The van der Waals surface area contributed by atoms with E-state index in [1.807, 2.05) is 6.92 Å². The molecule has 4 atom stereocenters. The van der Waals surface area contributed by atoms with Gasteiger partial charge in [0.15, 0.2) is 11.5 Å². The molecule has 0 bridgehead atoms. The van der Waals surface area contributed by atoms with Crippen LogP contribution < -0.4 is 4.74 Å². The van der Waals surface area contributed by atoms with E-state index in [1.165, 1.54) is 0 Å². The summed E-state index contributed by atoms with van der Waals surface area (Å²) in [4.78, 5) is 35.7. The molecule has 3 aromatic heterocycles. The van der Waals surface area contributed by atoms with Crippen molar-refractivity contribution in [3.8, 4) is 17.4 Å². The summed E-state index contributed by atoms with van der Waals surface area (Å²) in [5.74, 6) is 0.600. The van der Waals surface area contributed by atoms with Crippen LogP contribution in [0.3, 0.4) is 0 Å². The molecule has 8 nitrogen and oxygen atoms in total. The largest absolute Gasteiger partial charge is 0.471 e. The minimum Gasteiger partial charge on any atom is -0.471 e. The second-order valence-electron chi connectivity index (χ2n) is 9.06. The van der Waals surface area contributed by atoms with Gasteiger partial charge in [0.2, 0.25) is 5.88 Å². The van der Waals surface area contributed by atoms with E-state index in [9.17, 15) is 18.0 Å². The number of halogens is 3. The highest BCUT2D eigenvalue weighted by Crippen LogP contribution is 2.71. The molecule has 0 aromatic carbocycles. The standard InChI is InChI=1S/C23H19F3N6O2/c1-12-3-4-14(18(31-12)20-27-5-2-6-28-20)21(33)32-11-13-7-22(13)8-15(19(22)32)34-17-10-29-16(9-30-17)23(24,25)26/h2-6,9-10,13,15,19H,7-8,11H2,1H3. The fourth-order valence-corrected chi connectivity index (χ4v) is 5.41. The van der Waals surface area contributed by atoms with E-state index >= 15 is 0 Å². The number of hydrogen-bond acceptors (Lipinski definition) is 7. The number of amides is 1. The van der Waals surface area contributed by atoms with Crippen LogP contribution >= 0.6 is 0 Å². The molecule has 1 saturated heterocycles. The molecule has 0 radical (unpaired) electrons. The van der Waals surface area contributed by atoms with Crippen molar-refractivity contribution in [2.75, 3.05) is 6.54 Å². The lowest BCUT2D eigenvalue weighted by Gasteiger charge is -2.46. The summed E-state index contributed by atoms with van der Waals surface area (Å²) >= 11 is 0. The summed E-state index contributed by atoms with van der Waals surface area (Å²) in [5.41, 5.74) is 0.512. The Labute approximate surface area is 192 Å². The van der Waals surface area contributed by atoms with Gasteiger partial charge in [0.1, 0.15) is 11.8 Å². The van der Waals surface area contributed by atoms with Gasteiger partial charge in [-0.05, 0) is 43.9 Å². The monoisotopic (exact) mass is 468 g/mol. The van der Waals surface area contributed by atoms with Crippen LogP contribution in [0.25, 0.3) is 11.5 Å². The zero-order valence-electron chi connectivity index (χ0n) is 18.0. The fourth-order valence-electron chi connectivity index (χ4n) is 5.41. The summed E-state index contributed by atoms with van der Waals surface area (Å²) < 4.78 is 44.2. The number of ether oxygens (including phenoxy) is 1. The van der Waals surface area contributed by atoms with Crippen molar-refractivity contribution in [3.63, 3.8) is 0 Å². The lowest BCUT2D eigenvalue weighted by atomic mass is 9.73. The average Bonchev–Trinajstić information content (AvgIpc) is 3.47. The number of aromatic nitrogens is 5. The zero-order chi connectivity index (χ0) is 23.7. The smallest absolute Gasteiger partial charge is 0.434 e. The van der Waals surface area contributed by atoms with Gasteiger partial charge in [-0.3, -0.25) is 4.79 Å². The summed E-state index contributed by atoms with van der Waals surface area (Å²) in [5, 5.41) is 0. The van der Waals surface area contributed by atoms with Gasteiger partial charge in [-0.2, -0.15) is 13.2 Å². The van der Waals surface area contributed by atoms with E-state index in [-0.39, 0.29) is 29.3 Å². The average molecular weight is 468 g/mol. The second kappa shape index (κ2) is 7.18. The lowest BCUT2D eigenvalue weighted by molar-refractivity contribution is -0.141. The molecule has 3 aliphatic rings. The number of pyridine rings is 1. The molecule has 11 heteroatoms. The van der Waals surface area contributed by atoms with Crippen molar-refractivity contribution >= 4 is 5.91 Å². The maximum Gasteiger partial charge on any atom is 0.434 e. The van der Waals surface area contributed by atoms with Gasteiger partial charge in [0, 0.05) is 30.0 Å². The first-order valence-corrected chi connectivity index (χ1v) is 10.9. The van der Waals surface area contributed by atoms with Crippen LogP contribution in [-0.4, -0.2) is 54.4 Å². The number of piperidine rings is 1. The van der Waals surface area contributed by atoms with Crippen LogP contribution in [0, 0.1) is 18.3 Å². The number of hydrogen-bond donors (Lipinski definition) is 0. The molecule has 3 aromatic rings. The van der Waals surface area contributed by atoms with Crippen LogP contribution in [0.5, 0.6) is 5.88 Å². The molecule has 1 spiro atoms. The van der Waals surface area contributed by atoms with Gasteiger partial charge < -0.3 is 9.64 Å². The highest BCUT2D eigenvalue weighted by atomic mass is 19.4. The first-order chi connectivity index (χ1) is 16.3. The van der Waals surface area contributed by atoms with E-state index in [2.05, 4.69) is 24.9 Å². The van der Waals surface area contributed by atoms with Crippen LogP contribution in [0.1, 0.15) is 34.6 Å². The Hall–Kier alpha value is -3.63. The highest BCUT2D eigenvalue weighted by Gasteiger charge is 2.76. The number of carbonyl (C=O) groups excluding carboxylic acids is 1. The number of rotatable bonds is 4. The SMILES string of the molecule is Cc1ccc(C(=O)N2CC3CC34CC(Oc3cnc(C(F)(F)F)cn3)C24)c(-c2ncccn2)n1. The predicted octanol–water partition coefficient (Wildman–Crippen LogP) is 3.34. The number of nitrogens with zero attached hydrogens (tertiary/aromatic N) is 6. The van der Waals surface area contributed by atoms with Crippen molar-refractivity contribution in [2.45, 2.75) is 38.1 Å². The van der Waals surface area contributed by atoms with Gasteiger partial charge in [-0.15, -0.1) is 0 Å². The minimum absolute atomic E-state index is 0.0136. The van der Waals surface area contributed by atoms with Gasteiger partial charge >= 0.3 is 6.18 Å². The van der Waals surface area contributed by atoms with Gasteiger partial charge in [0.05, 0.1) is 24.0 Å². The maximum atomic E-state index is 13.7. The van der Waals surface area contributed by atoms with E-state index in [1.54, 1.807) is 35.5 Å². The molecular formula is C23H19F3N6O2. The normalized spacial score (nSPS) is 26.9. The molecule has 2 aliphatic carbocycles. The molecule has 174 valence electrons. The molecule has 6 rings (SSSR count). The quantitative estimate of drug-likeness (QED) is 0.580. The zero-order valence-corrected chi connectivity index (χ0v) is 18.0. The minimum atomic E-state index is -4.57. The van der Waals surface area contributed by atoms with E-state index in [0.717, 1.165) is 24.7 Å². The molecule has 0 N–H and O–H groups in total. The first kappa shape index (κ1) is 20.9. The fraction of sp³-hybridized carbons (Fsp3) is 0.391. The predicted molar refractivity (Wildman–Crippen MR) is 111 cm³/mol. The van der Waals surface area contributed by atoms with E-state index in [0.29, 0.717) is 35.7 Å². The molecular weight excluding hydrogens is 449 g/mol. The third kappa shape index (κ3) is 3.21. The van der Waals surface area contributed by atoms with Crippen molar-refractivity contribution in [2.24, 2.45) is 11.3 Å². The van der Waals surface area contributed by atoms with Gasteiger partial charge in [0.25, 0.3) is 5.91 Å². The van der Waals surface area contributed by atoms with Crippen LogP contribution in [0.4, 0.5) is 13.2 Å². The number of aryl methyl sites for hydroxylation is 1. The molecule has 2 saturated carbocycles. The summed E-state index contributed by atoms with van der Waals surface area (Å²) in [6.45, 7) is 2.44. The summed E-state index contributed by atoms with van der Waals surface area (Å²) in [6.07, 6.45) is 1.65. The third-order valence-electron chi connectivity index (χ3n) is 7.05. The first-order valence-electron chi connectivity index (χ1n) is 10.9. The maximum absolute atomic E-state index is 13.7. The van der Waals surface area contributed by atoms with Crippen LogP contribution in [0.15, 0.2) is 43.0 Å². The Bertz CT molecular complexity index is 1270. The van der Waals surface area contributed by atoms with Crippen molar-refractivity contribution in [3.05, 3.63) is 59.9 Å². The van der Waals surface area contributed by atoms with Gasteiger partial charge in [-0.1, -0.05) is 0 Å². The Morgan fingerprint density at radius 1 is 1.12 bits per heavy atom. The summed E-state index contributed by atoms with van der Waals surface area (Å²) in [6, 6.07) is 5.03. The Balaban J connectivity index is 1.26. The molecule has 34 heavy (non-hydrogen) atoms. The molecule has 1 aliphatic heterocycles. The Morgan fingerprint density at radius 2 is 1.91 bits per heavy atom. The molecule has 1 amide bonds. The molecule has 3 fully saturated rings. The van der Waals surface area contributed by atoms with Crippen molar-refractivity contribution in [1.29, 1.82) is 0 Å². The molecule has 4 heterocycles. The summed E-state index contributed by atoms with van der Waals surface area (Å²) in [7, 11) is 0. The topological polar surface area (TPSA) is 94.0 Å². The van der Waals surface area contributed by atoms with Crippen LogP contribution in [0.2, 0.25) is 0 Å². The molecule has 4 unspecified atom stereocenters. The second-order valence-corrected chi connectivity index (χ2v) is 9.06.